The van der Waals surface area contributed by atoms with Gasteiger partial charge in [0.1, 0.15) is 0 Å². The third kappa shape index (κ3) is 5.11. The lowest BCUT2D eigenvalue weighted by molar-refractivity contribution is 0.0378. The first-order valence-corrected chi connectivity index (χ1v) is 5.97. The highest BCUT2D eigenvalue weighted by atomic mass is 32.1. The number of thiophene rings is 1. The Morgan fingerprint density at radius 1 is 1.60 bits per heavy atom. The Morgan fingerprint density at radius 2 is 2.33 bits per heavy atom. The van der Waals surface area contributed by atoms with Crippen LogP contribution >= 0.6 is 11.3 Å². The van der Waals surface area contributed by atoms with Gasteiger partial charge in [-0.25, -0.2) is 0 Å². The first-order valence-electron chi connectivity index (χ1n) is 5.09. The van der Waals surface area contributed by atoms with Crippen LogP contribution in [0.2, 0.25) is 0 Å². The molecule has 0 saturated heterocycles. The van der Waals surface area contributed by atoms with Crippen LogP contribution in [-0.4, -0.2) is 28.7 Å². The maximum Gasteiger partial charge on any atom is 0.0718 e. The van der Waals surface area contributed by atoms with Gasteiger partial charge in [0, 0.05) is 24.5 Å². The highest BCUT2D eigenvalue weighted by Crippen LogP contribution is 2.14. The van der Waals surface area contributed by atoms with Crippen molar-refractivity contribution in [3.05, 3.63) is 35.0 Å². The molecule has 0 aromatic carbocycles. The van der Waals surface area contributed by atoms with Crippen LogP contribution in [0.1, 0.15) is 18.7 Å². The average Bonchev–Trinajstić information content (AvgIpc) is 2.54. The third-order valence-electron chi connectivity index (χ3n) is 1.96. The lowest BCUT2D eigenvalue weighted by Crippen LogP contribution is -2.38. The summed E-state index contributed by atoms with van der Waals surface area (Å²) >= 11 is 1.75. The fourth-order valence-electron chi connectivity index (χ4n) is 1.54. The molecule has 0 radical (unpaired) electrons. The van der Waals surface area contributed by atoms with Gasteiger partial charge in [0.05, 0.1) is 5.60 Å². The van der Waals surface area contributed by atoms with E-state index in [1.807, 2.05) is 19.9 Å². The van der Waals surface area contributed by atoms with Gasteiger partial charge in [0.25, 0.3) is 0 Å². The molecule has 84 valence electrons. The summed E-state index contributed by atoms with van der Waals surface area (Å²) in [6, 6.07) is 4.17. The number of rotatable bonds is 6. The van der Waals surface area contributed by atoms with E-state index in [1.165, 1.54) is 4.88 Å². The Hall–Kier alpha value is -0.640. The molecule has 0 saturated carbocycles. The lowest BCUT2D eigenvalue weighted by Gasteiger charge is -2.27. The predicted molar refractivity (Wildman–Crippen MR) is 66.1 cm³/mol. The van der Waals surface area contributed by atoms with Crippen molar-refractivity contribution in [2.75, 3.05) is 13.1 Å². The Labute approximate surface area is 95.9 Å². The maximum absolute atomic E-state index is 9.77. The van der Waals surface area contributed by atoms with Gasteiger partial charge in [-0.05, 0) is 25.3 Å². The molecule has 1 heterocycles. The summed E-state index contributed by atoms with van der Waals surface area (Å²) in [5, 5.41) is 11.8. The molecule has 2 nitrogen and oxygen atoms in total. The molecule has 0 aliphatic carbocycles. The molecule has 1 aromatic rings. The van der Waals surface area contributed by atoms with E-state index in [9.17, 15) is 5.11 Å². The Kier molecular flexibility index (Phi) is 4.51. The van der Waals surface area contributed by atoms with Crippen LogP contribution in [0.5, 0.6) is 0 Å². The summed E-state index contributed by atoms with van der Waals surface area (Å²) in [6.45, 7) is 9.76. The van der Waals surface area contributed by atoms with E-state index in [2.05, 4.69) is 29.0 Å². The molecule has 0 fully saturated rings. The molecule has 0 spiro atoms. The third-order valence-corrected chi connectivity index (χ3v) is 2.82. The monoisotopic (exact) mass is 225 g/mol. The molecular formula is C12H19NOS. The SMILES string of the molecule is C=CCN(Cc1cccs1)CC(C)(C)O. The molecule has 15 heavy (non-hydrogen) atoms. The molecule has 1 N–H and O–H groups in total. The second-order valence-electron chi connectivity index (χ2n) is 4.35. The normalized spacial score (nSPS) is 12.0. The average molecular weight is 225 g/mol. The zero-order valence-electron chi connectivity index (χ0n) is 9.44. The van der Waals surface area contributed by atoms with Crippen molar-refractivity contribution in [2.24, 2.45) is 0 Å². The second-order valence-corrected chi connectivity index (χ2v) is 5.38. The van der Waals surface area contributed by atoms with Crippen molar-refractivity contribution in [1.82, 2.24) is 4.90 Å². The van der Waals surface area contributed by atoms with E-state index in [4.69, 9.17) is 0 Å². The zero-order chi connectivity index (χ0) is 11.3. The molecule has 0 atom stereocenters. The van der Waals surface area contributed by atoms with Gasteiger partial charge in [0.2, 0.25) is 0 Å². The molecule has 0 unspecified atom stereocenters. The Balaban J connectivity index is 2.54. The summed E-state index contributed by atoms with van der Waals surface area (Å²) in [6.07, 6.45) is 1.87. The van der Waals surface area contributed by atoms with E-state index in [-0.39, 0.29) is 0 Å². The number of aliphatic hydroxyl groups is 1. The fraction of sp³-hybridized carbons (Fsp3) is 0.500. The van der Waals surface area contributed by atoms with E-state index >= 15 is 0 Å². The topological polar surface area (TPSA) is 23.5 Å². The molecule has 0 bridgehead atoms. The maximum atomic E-state index is 9.77. The minimum Gasteiger partial charge on any atom is -0.389 e. The van der Waals surface area contributed by atoms with Crippen LogP contribution in [0, 0.1) is 0 Å². The van der Waals surface area contributed by atoms with Gasteiger partial charge in [0.15, 0.2) is 0 Å². The highest BCUT2D eigenvalue weighted by Gasteiger charge is 2.17. The number of nitrogens with zero attached hydrogens (tertiary/aromatic N) is 1. The van der Waals surface area contributed by atoms with Crippen molar-refractivity contribution >= 4 is 11.3 Å². The van der Waals surface area contributed by atoms with Crippen LogP contribution in [0.4, 0.5) is 0 Å². The van der Waals surface area contributed by atoms with E-state index in [1.54, 1.807) is 11.3 Å². The molecular weight excluding hydrogens is 206 g/mol. The van der Waals surface area contributed by atoms with Crippen LogP contribution in [-0.2, 0) is 6.54 Å². The van der Waals surface area contributed by atoms with Crippen LogP contribution in [0.25, 0.3) is 0 Å². The van der Waals surface area contributed by atoms with Gasteiger partial charge < -0.3 is 5.11 Å². The molecule has 3 heteroatoms. The summed E-state index contributed by atoms with van der Waals surface area (Å²) in [4.78, 5) is 3.51. The molecule has 0 aliphatic heterocycles. The number of hydrogen-bond acceptors (Lipinski definition) is 3. The van der Waals surface area contributed by atoms with Crippen molar-refractivity contribution in [3.63, 3.8) is 0 Å². The fourth-order valence-corrected chi connectivity index (χ4v) is 2.28. The molecule has 0 amide bonds. The summed E-state index contributed by atoms with van der Waals surface area (Å²) in [7, 11) is 0. The smallest absolute Gasteiger partial charge is 0.0718 e. The first-order chi connectivity index (χ1) is 7.01. The lowest BCUT2D eigenvalue weighted by atomic mass is 10.1. The first kappa shape index (κ1) is 12.4. The van der Waals surface area contributed by atoms with E-state index in [0.29, 0.717) is 6.54 Å². The van der Waals surface area contributed by atoms with Crippen LogP contribution in [0.15, 0.2) is 30.2 Å². The highest BCUT2D eigenvalue weighted by molar-refractivity contribution is 7.09. The standard InChI is InChI=1S/C12H19NOS/c1-4-7-13(10-12(2,3)14)9-11-6-5-8-15-11/h4-6,8,14H,1,7,9-10H2,2-3H3. The summed E-state index contributed by atoms with van der Waals surface area (Å²) in [5.74, 6) is 0. The van der Waals surface area contributed by atoms with Crippen molar-refractivity contribution < 1.29 is 5.11 Å². The quantitative estimate of drug-likeness (QED) is 0.752. The van der Waals surface area contributed by atoms with Crippen molar-refractivity contribution in [3.8, 4) is 0 Å². The van der Waals surface area contributed by atoms with Crippen molar-refractivity contribution in [2.45, 2.75) is 26.0 Å². The van der Waals surface area contributed by atoms with Crippen LogP contribution in [0.3, 0.4) is 0 Å². The largest absolute Gasteiger partial charge is 0.389 e. The Bertz CT molecular complexity index is 287. The second kappa shape index (κ2) is 5.45. The Morgan fingerprint density at radius 3 is 2.80 bits per heavy atom. The molecule has 1 rings (SSSR count). The van der Waals surface area contributed by atoms with Gasteiger partial charge in [-0.2, -0.15) is 0 Å². The zero-order valence-corrected chi connectivity index (χ0v) is 10.3. The summed E-state index contributed by atoms with van der Waals surface area (Å²) in [5.41, 5.74) is -0.653. The van der Waals surface area contributed by atoms with Crippen LogP contribution < -0.4 is 0 Å². The van der Waals surface area contributed by atoms with E-state index < -0.39 is 5.60 Å². The minimum atomic E-state index is -0.653. The minimum absolute atomic E-state index is 0.653. The van der Waals surface area contributed by atoms with Crippen molar-refractivity contribution in [1.29, 1.82) is 0 Å². The predicted octanol–water partition coefficient (Wildman–Crippen LogP) is 2.51. The van der Waals surface area contributed by atoms with E-state index in [0.717, 1.165) is 13.1 Å². The van der Waals surface area contributed by atoms with Gasteiger partial charge in [-0.1, -0.05) is 12.1 Å². The van der Waals surface area contributed by atoms with Gasteiger partial charge in [-0.3, -0.25) is 4.90 Å². The molecule has 0 aliphatic rings. The molecule has 1 aromatic heterocycles. The number of hydrogen-bond donors (Lipinski definition) is 1. The van der Waals surface area contributed by atoms with Gasteiger partial charge in [-0.15, -0.1) is 17.9 Å². The van der Waals surface area contributed by atoms with Gasteiger partial charge >= 0.3 is 0 Å². The summed E-state index contributed by atoms with van der Waals surface area (Å²) < 4.78 is 0.